The lowest BCUT2D eigenvalue weighted by Crippen LogP contribution is -2.44. The second-order valence-corrected chi connectivity index (χ2v) is 8.05. The number of carbonyl (C=O) groups is 1. The molecule has 0 spiro atoms. The normalized spacial score (nSPS) is 17.5. The third-order valence-electron chi connectivity index (χ3n) is 4.17. The Morgan fingerprint density at radius 3 is 2.79 bits per heavy atom. The Balaban J connectivity index is 1.94. The first kappa shape index (κ1) is 17.4. The first-order chi connectivity index (χ1) is 11.3. The fourth-order valence-electron chi connectivity index (χ4n) is 3.10. The molecular formula is C17H19ClN2O3S. The van der Waals surface area contributed by atoms with Crippen molar-refractivity contribution in [1.29, 1.82) is 0 Å². The van der Waals surface area contributed by atoms with Gasteiger partial charge in [-0.15, -0.1) is 11.3 Å². The molecule has 1 unspecified atom stereocenters. The molecule has 3 N–H and O–H groups in total. The molecule has 0 aliphatic carbocycles. The smallest absolute Gasteiger partial charge is 0.255 e. The average Bonchev–Trinajstić information content (AvgIpc) is 2.98. The van der Waals surface area contributed by atoms with Crippen LogP contribution in [0.5, 0.6) is 0 Å². The first-order valence-corrected chi connectivity index (χ1v) is 8.77. The highest BCUT2D eigenvalue weighted by atomic mass is 35.5. The number of nitrogens with zero attached hydrogens (tertiary/aromatic N) is 1. The van der Waals surface area contributed by atoms with Gasteiger partial charge in [0.2, 0.25) is 0 Å². The number of hydrogen-bond acceptors (Lipinski definition) is 5. The topological polar surface area (TPSA) is 72.8 Å². The number of aliphatic hydroxyl groups is 1. The summed E-state index contributed by atoms with van der Waals surface area (Å²) in [5.41, 5.74) is 3.08. The number of halogens is 1. The molecule has 0 saturated carbocycles. The quantitative estimate of drug-likeness (QED) is 0.575. The number of aliphatic hydroxyl groups excluding tert-OH is 1. The highest BCUT2D eigenvalue weighted by Crippen LogP contribution is 2.41. The first-order valence-electron chi connectivity index (χ1n) is 7.58. The van der Waals surface area contributed by atoms with Crippen LogP contribution in [0.25, 0.3) is 0 Å². The van der Waals surface area contributed by atoms with Gasteiger partial charge in [-0.2, -0.15) is 5.48 Å². The zero-order valence-electron chi connectivity index (χ0n) is 13.4. The summed E-state index contributed by atoms with van der Waals surface area (Å²) in [4.78, 5) is 16.4. The van der Waals surface area contributed by atoms with Gasteiger partial charge in [0.1, 0.15) is 0 Å². The van der Waals surface area contributed by atoms with Crippen molar-refractivity contribution >= 4 is 28.8 Å². The average molecular weight is 367 g/mol. The third kappa shape index (κ3) is 3.08. The number of hydrogen-bond donors (Lipinski definition) is 3. The van der Waals surface area contributed by atoms with Crippen molar-refractivity contribution in [2.75, 3.05) is 6.54 Å². The summed E-state index contributed by atoms with van der Waals surface area (Å²) >= 11 is 7.61. The van der Waals surface area contributed by atoms with Gasteiger partial charge in [0.15, 0.2) is 6.23 Å². The van der Waals surface area contributed by atoms with Crippen LogP contribution in [0.2, 0.25) is 5.02 Å². The zero-order chi connectivity index (χ0) is 17.5. The molecule has 1 aromatic carbocycles. The van der Waals surface area contributed by atoms with Crippen LogP contribution in [0, 0.1) is 0 Å². The number of fused-ring (bicyclic) bond motifs is 1. The second kappa shape index (κ2) is 6.46. The number of carbonyl (C=O) groups excluding carboxylic acids is 1. The van der Waals surface area contributed by atoms with Crippen LogP contribution in [-0.2, 0) is 12.0 Å². The van der Waals surface area contributed by atoms with Crippen molar-refractivity contribution in [3.8, 4) is 0 Å². The molecule has 2 heterocycles. The number of amides is 1. The van der Waals surface area contributed by atoms with Crippen LogP contribution in [0.4, 0.5) is 0 Å². The Labute approximate surface area is 149 Å². The molecule has 1 aliphatic heterocycles. The van der Waals surface area contributed by atoms with Gasteiger partial charge in [0.25, 0.3) is 5.91 Å². The van der Waals surface area contributed by atoms with Crippen LogP contribution < -0.4 is 5.48 Å². The van der Waals surface area contributed by atoms with Crippen LogP contribution in [0.3, 0.4) is 0 Å². The predicted molar refractivity (Wildman–Crippen MR) is 93.4 cm³/mol. The molecule has 1 amide bonds. The maximum Gasteiger partial charge on any atom is 0.255 e. The van der Waals surface area contributed by atoms with Gasteiger partial charge in [0.05, 0.1) is 15.5 Å². The van der Waals surface area contributed by atoms with E-state index < -0.39 is 6.23 Å². The van der Waals surface area contributed by atoms with Crippen LogP contribution in [-0.4, -0.2) is 27.7 Å². The number of thiophene rings is 1. The van der Waals surface area contributed by atoms with Gasteiger partial charge < -0.3 is 15.2 Å². The van der Waals surface area contributed by atoms with E-state index in [0.717, 1.165) is 10.4 Å². The fourth-order valence-corrected chi connectivity index (χ4v) is 4.51. The summed E-state index contributed by atoms with van der Waals surface area (Å²) in [5.74, 6) is -0.104. The number of benzene rings is 1. The number of hydroxylamine groups is 1. The van der Waals surface area contributed by atoms with Gasteiger partial charge in [0, 0.05) is 23.4 Å². The molecule has 1 atom stereocenters. The van der Waals surface area contributed by atoms with Crippen molar-refractivity contribution in [3.05, 3.63) is 56.2 Å². The molecule has 0 radical (unpaired) electrons. The van der Waals surface area contributed by atoms with Crippen molar-refractivity contribution in [3.63, 3.8) is 0 Å². The Morgan fingerprint density at radius 1 is 1.42 bits per heavy atom. The summed E-state index contributed by atoms with van der Waals surface area (Å²) < 4.78 is 0. The summed E-state index contributed by atoms with van der Waals surface area (Å²) in [6, 6.07) is 8.87. The molecule has 1 aliphatic rings. The van der Waals surface area contributed by atoms with Gasteiger partial charge in [-0.3, -0.25) is 4.79 Å². The summed E-state index contributed by atoms with van der Waals surface area (Å²) in [7, 11) is 0. The van der Waals surface area contributed by atoms with Crippen molar-refractivity contribution in [2.24, 2.45) is 0 Å². The highest BCUT2D eigenvalue weighted by molar-refractivity contribution is 7.12. The van der Waals surface area contributed by atoms with Gasteiger partial charge in [-0.25, -0.2) is 0 Å². The molecule has 0 fully saturated rings. The zero-order valence-corrected chi connectivity index (χ0v) is 15.0. The minimum absolute atomic E-state index is 0.104. The Bertz CT molecular complexity index is 775. The van der Waals surface area contributed by atoms with Gasteiger partial charge >= 0.3 is 0 Å². The third-order valence-corrected chi connectivity index (χ3v) is 6.10. The Morgan fingerprint density at radius 2 is 2.12 bits per heavy atom. The fraction of sp³-hybridized carbons (Fsp3) is 0.353. The summed E-state index contributed by atoms with van der Waals surface area (Å²) in [6.45, 7) is 5.15. The maximum absolute atomic E-state index is 12.9. The SMILES string of the molecule is CC1(C)CN(C(=O)c2ccccc2Cl)Cc2cc(C(O)NO)sc21. The molecule has 1 aromatic heterocycles. The molecule has 3 rings (SSSR count). The second-order valence-electron chi connectivity index (χ2n) is 6.56. The molecule has 7 heteroatoms. The summed E-state index contributed by atoms with van der Waals surface area (Å²) in [5, 5.41) is 19.2. The van der Waals surface area contributed by atoms with E-state index in [1.54, 1.807) is 29.2 Å². The lowest BCUT2D eigenvalue weighted by atomic mass is 9.85. The van der Waals surface area contributed by atoms with E-state index in [2.05, 4.69) is 13.8 Å². The van der Waals surface area contributed by atoms with Crippen LogP contribution >= 0.6 is 22.9 Å². The van der Waals surface area contributed by atoms with E-state index in [1.807, 2.05) is 11.5 Å². The maximum atomic E-state index is 12.9. The monoisotopic (exact) mass is 366 g/mol. The standard InChI is InChI=1S/C17H19ClN2O3S/c1-17(2)9-20(16(22)11-5-3-4-6-12(11)18)8-10-7-13(15(21)19-23)24-14(10)17/h3-7,15,19,21,23H,8-9H2,1-2H3. The molecular weight excluding hydrogens is 348 g/mol. The molecule has 0 bridgehead atoms. The lowest BCUT2D eigenvalue weighted by Gasteiger charge is -2.38. The number of rotatable bonds is 3. The Hall–Kier alpha value is -1.44. The highest BCUT2D eigenvalue weighted by Gasteiger charge is 2.37. The van der Waals surface area contributed by atoms with E-state index in [-0.39, 0.29) is 11.3 Å². The van der Waals surface area contributed by atoms with Crippen molar-refractivity contribution in [2.45, 2.75) is 32.0 Å². The molecule has 128 valence electrons. The van der Waals surface area contributed by atoms with Gasteiger partial charge in [-0.1, -0.05) is 37.6 Å². The minimum Gasteiger partial charge on any atom is -0.371 e. The van der Waals surface area contributed by atoms with Crippen molar-refractivity contribution in [1.82, 2.24) is 10.4 Å². The van der Waals surface area contributed by atoms with E-state index in [1.165, 1.54) is 11.3 Å². The number of nitrogens with one attached hydrogen (secondary N) is 1. The summed E-state index contributed by atoms with van der Waals surface area (Å²) in [6.07, 6.45) is -1.12. The van der Waals surface area contributed by atoms with Crippen LogP contribution in [0.1, 0.15) is 45.8 Å². The minimum atomic E-state index is -1.12. The van der Waals surface area contributed by atoms with Crippen LogP contribution in [0.15, 0.2) is 30.3 Å². The lowest BCUT2D eigenvalue weighted by molar-refractivity contribution is 0.00286. The molecule has 2 aromatic rings. The van der Waals surface area contributed by atoms with Gasteiger partial charge in [-0.05, 0) is 23.8 Å². The molecule has 0 saturated heterocycles. The van der Waals surface area contributed by atoms with Crippen molar-refractivity contribution < 1.29 is 15.1 Å². The van der Waals surface area contributed by atoms with E-state index in [4.69, 9.17) is 16.8 Å². The molecule has 24 heavy (non-hydrogen) atoms. The van der Waals surface area contributed by atoms with E-state index in [0.29, 0.717) is 28.6 Å². The molecule has 5 nitrogen and oxygen atoms in total. The predicted octanol–water partition coefficient (Wildman–Crippen LogP) is 3.30. The largest absolute Gasteiger partial charge is 0.371 e. The van der Waals surface area contributed by atoms with E-state index >= 15 is 0 Å². The Kier molecular flexibility index (Phi) is 4.68. The van der Waals surface area contributed by atoms with E-state index in [9.17, 15) is 9.90 Å².